The average molecular weight is 732 g/mol. The van der Waals surface area contributed by atoms with Crippen molar-refractivity contribution in [2.24, 2.45) is 16.5 Å². The lowest BCUT2D eigenvalue weighted by molar-refractivity contribution is -0.145. The van der Waals surface area contributed by atoms with Crippen molar-refractivity contribution in [3.05, 3.63) is 65.7 Å². The summed E-state index contributed by atoms with van der Waals surface area (Å²) in [5.41, 5.74) is 11.4. The zero-order valence-corrected chi connectivity index (χ0v) is 30.5. The molecule has 2 rings (SSSR count). The lowest BCUT2D eigenvalue weighted by Crippen LogP contribution is -2.53. The van der Waals surface area contributed by atoms with Crippen molar-refractivity contribution >= 4 is 45.5 Å². The lowest BCUT2D eigenvalue weighted by Gasteiger charge is -2.25. The first-order valence-corrected chi connectivity index (χ1v) is 17.9. The highest BCUT2D eigenvalue weighted by atomic mass is 32.2. The highest BCUT2D eigenvalue weighted by Gasteiger charge is 2.31. The van der Waals surface area contributed by atoms with Gasteiger partial charge in [-0.2, -0.15) is 0 Å². The largest absolute Gasteiger partial charge is 0.488 e. The van der Waals surface area contributed by atoms with Crippen molar-refractivity contribution < 1.29 is 41.9 Å². The number of hydrogen-bond donors (Lipinski definition) is 5. The first-order chi connectivity index (χ1) is 23.9. The van der Waals surface area contributed by atoms with Gasteiger partial charge in [0.05, 0.1) is 18.9 Å². The average Bonchev–Trinajstić information content (AvgIpc) is 3.04. The van der Waals surface area contributed by atoms with Gasteiger partial charge in [-0.25, -0.2) is 13.1 Å². The molecule has 0 spiro atoms. The number of hydrogen-bond acceptors (Lipinski definition) is 10. The van der Waals surface area contributed by atoms with Crippen LogP contribution in [0.5, 0.6) is 5.75 Å². The van der Waals surface area contributed by atoms with Crippen LogP contribution in [-0.4, -0.2) is 99.7 Å². The normalized spacial score (nSPS) is 12.5. The van der Waals surface area contributed by atoms with Gasteiger partial charge < -0.3 is 36.5 Å². The van der Waals surface area contributed by atoms with E-state index >= 15 is 0 Å². The molecule has 280 valence electrons. The lowest BCUT2D eigenvalue weighted by atomic mass is 10.0. The predicted octanol–water partition coefficient (Wildman–Crippen LogP) is 0.140. The molecule has 0 aromatic heterocycles. The molecule has 0 radical (unpaired) electrons. The smallest absolute Gasteiger partial charge is 0.325 e. The maximum Gasteiger partial charge on any atom is 0.325 e. The number of sulfonamides is 1. The van der Waals surface area contributed by atoms with E-state index in [2.05, 4.69) is 20.3 Å². The first kappa shape index (κ1) is 42.1. The third kappa shape index (κ3) is 16.5. The molecule has 7 N–H and O–H groups in total. The van der Waals surface area contributed by atoms with Gasteiger partial charge in [-0.3, -0.25) is 29.0 Å². The van der Waals surface area contributed by atoms with E-state index < -0.39 is 70.3 Å². The molecular formula is C34H49N7O9S. The molecule has 3 amide bonds. The van der Waals surface area contributed by atoms with Crippen LogP contribution in [0.1, 0.15) is 51.7 Å². The van der Waals surface area contributed by atoms with E-state index in [0.717, 1.165) is 4.90 Å². The van der Waals surface area contributed by atoms with Crippen LogP contribution in [0.4, 0.5) is 0 Å². The number of carbonyl (C=O) groups excluding carboxylic acids is 5. The van der Waals surface area contributed by atoms with Crippen LogP contribution in [0.3, 0.4) is 0 Å². The number of amides is 3. The Bertz CT molecular complexity index is 1620. The van der Waals surface area contributed by atoms with E-state index in [9.17, 15) is 32.4 Å². The second-order valence-corrected chi connectivity index (χ2v) is 14.3. The monoisotopic (exact) mass is 731 g/mol. The van der Waals surface area contributed by atoms with Gasteiger partial charge in [0.1, 0.15) is 30.0 Å². The van der Waals surface area contributed by atoms with Crippen LogP contribution in [0.15, 0.2) is 59.6 Å². The van der Waals surface area contributed by atoms with E-state index in [1.54, 1.807) is 61.5 Å². The number of nitrogens with zero attached hydrogens (tertiary/aromatic N) is 2. The van der Waals surface area contributed by atoms with Crippen molar-refractivity contribution in [2.75, 3.05) is 33.3 Å². The zero-order valence-electron chi connectivity index (χ0n) is 29.6. The quantitative estimate of drug-likeness (QED) is 0.0403. The van der Waals surface area contributed by atoms with Crippen molar-refractivity contribution in [3.8, 4) is 5.75 Å². The van der Waals surface area contributed by atoms with Crippen LogP contribution in [0.2, 0.25) is 0 Å². The fourth-order valence-electron chi connectivity index (χ4n) is 4.69. The maximum absolute atomic E-state index is 13.5. The van der Waals surface area contributed by atoms with Gasteiger partial charge in [0.25, 0.3) is 5.91 Å². The Kier molecular flexibility index (Phi) is 16.5. The number of nitrogens with one attached hydrogen (secondary N) is 3. The number of benzene rings is 2. The number of ketones is 1. The highest BCUT2D eigenvalue weighted by Crippen LogP contribution is 2.19. The number of esters is 1. The van der Waals surface area contributed by atoms with E-state index in [-0.39, 0.29) is 44.1 Å². The Hall–Kier alpha value is -5.03. The molecule has 0 bridgehead atoms. The van der Waals surface area contributed by atoms with E-state index in [4.69, 9.17) is 20.9 Å². The minimum Gasteiger partial charge on any atom is -0.488 e. The molecule has 0 saturated heterocycles. The number of Topliss-reactive ketones (excluding diaryl/α,β-unsaturated/α-hetero) is 1. The molecule has 2 aromatic rings. The third-order valence-corrected chi connectivity index (χ3v) is 8.24. The molecule has 16 nitrogen and oxygen atoms in total. The fraction of sp³-hybridized carbons (Fsp3) is 0.471. The molecule has 0 heterocycles. The number of ether oxygens (including phenoxy) is 2. The number of likely N-dealkylation sites (N-methyl/N-ethyl adjacent to an activating group) is 1. The number of aliphatic imine (C=N–C) groups is 1. The zero-order chi connectivity index (χ0) is 38.2. The summed E-state index contributed by atoms with van der Waals surface area (Å²) in [5.74, 6) is -4.43. The summed E-state index contributed by atoms with van der Waals surface area (Å²) in [6.45, 7) is 6.31. The van der Waals surface area contributed by atoms with Crippen molar-refractivity contribution in [3.63, 3.8) is 0 Å². The first-order valence-electron chi connectivity index (χ1n) is 16.3. The van der Waals surface area contributed by atoms with Crippen molar-refractivity contribution in [2.45, 2.75) is 70.4 Å². The topological polar surface area (TPSA) is 242 Å². The van der Waals surface area contributed by atoms with Crippen LogP contribution >= 0.6 is 0 Å². The fourth-order valence-corrected chi connectivity index (χ4v) is 6.06. The maximum atomic E-state index is 13.5. The molecule has 0 aliphatic rings. The summed E-state index contributed by atoms with van der Waals surface area (Å²) in [5, 5.41) is 4.70. The van der Waals surface area contributed by atoms with Gasteiger partial charge >= 0.3 is 5.97 Å². The van der Waals surface area contributed by atoms with Gasteiger partial charge in [0.2, 0.25) is 27.6 Å². The SMILES string of the molecule is CCOC(=O)CNC(=O)C(=O)[C@H](Cc1ccc(OC(C)(C)C)cc1)NC(=O)CN(C)C(=O)[C@H](CCCN=C(N)N)NS(=O)(=O)Cc1ccccc1. The molecule has 17 heteroatoms. The Morgan fingerprint density at radius 2 is 1.59 bits per heavy atom. The summed E-state index contributed by atoms with van der Waals surface area (Å²) >= 11 is 0. The van der Waals surface area contributed by atoms with Crippen LogP contribution in [-0.2, 0) is 50.9 Å². The second kappa shape index (κ2) is 20.0. The summed E-state index contributed by atoms with van der Waals surface area (Å²) in [4.78, 5) is 69.4. The van der Waals surface area contributed by atoms with Crippen molar-refractivity contribution in [1.29, 1.82) is 0 Å². The van der Waals surface area contributed by atoms with E-state index in [1.165, 1.54) is 7.05 Å². The minimum absolute atomic E-state index is 0.00621. The standard InChI is InChI=1S/C34H49N7O9S/c1-6-49-29(43)20-38-31(45)30(44)27(19-23-14-16-25(17-15-23)50-34(2,3)4)39-28(42)21-41(5)32(46)26(13-10-18-37-33(35)36)40-51(47,48)22-24-11-8-7-9-12-24/h7-9,11-12,14-17,26-27,40H,6,10,13,18-22H2,1-5H3,(H,38,45)(H,39,42)(H4,35,36,37)/t26-,27-/m0/s1. The molecule has 0 aliphatic heterocycles. The molecule has 0 saturated carbocycles. The summed E-state index contributed by atoms with van der Waals surface area (Å²) < 4.78 is 39.1. The molecule has 0 fully saturated rings. The van der Waals surface area contributed by atoms with Crippen molar-refractivity contribution in [1.82, 2.24) is 20.3 Å². The summed E-state index contributed by atoms with van der Waals surface area (Å²) in [6, 6.07) is 12.4. The number of guanidine groups is 1. The molecular weight excluding hydrogens is 682 g/mol. The van der Waals surface area contributed by atoms with E-state index in [0.29, 0.717) is 16.9 Å². The van der Waals surface area contributed by atoms with Gasteiger partial charge in [0, 0.05) is 20.0 Å². The third-order valence-electron chi connectivity index (χ3n) is 6.88. The minimum atomic E-state index is -4.01. The van der Waals surface area contributed by atoms with Gasteiger partial charge in [-0.1, -0.05) is 42.5 Å². The van der Waals surface area contributed by atoms with Gasteiger partial charge in [-0.05, 0) is 63.8 Å². The summed E-state index contributed by atoms with van der Waals surface area (Å²) in [6.07, 6.45) is 0.128. The number of rotatable bonds is 20. The molecule has 2 atom stereocenters. The molecule has 0 unspecified atom stereocenters. The van der Waals surface area contributed by atoms with Crippen LogP contribution in [0.25, 0.3) is 0 Å². The predicted molar refractivity (Wildman–Crippen MR) is 191 cm³/mol. The Morgan fingerprint density at radius 1 is 0.941 bits per heavy atom. The number of carbonyl (C=O) groups is 5. The van der Waals surface area contributed by atoms with Crippen LogP contribution < -0.4 is 31.6 Å². The molecule has 2 aromatic carbocycles. The van der Waals surface area contributed by atoms with E-state index in [1.807, 2.05) is 20.8 Å². The van der Waals surface area contributed by atoms with Crippen LogP contribution in [0, 0.1) is 0 Å². The number of nitrogens with two attached hydrogens (primary N) is 2. The Labute approximate surface area is 298 Å². The molecule has 51 heavy (non-hydrogen) atoms. The summed E-state index contributed by atoms with van der Waals surface area (Å²) in [7, 11) is -2.71. The van der Waals surface area contributed by atoms with Gasteiger partial charge in [-0.15, -0.1) is 0 Å². The highest BCUT2D eigenvalue weighted by molar-refractivity contribution is 7.88. The Balaban J connectivity index is 2.23. The van der Waals surface area contributed by atoms with Gasteiger partial charge in [0.15, 0.2) is 5.96 Å². The molecule has 0 aliphatic carbocycles. The second-order valence-electron chi connectivity index (χ2n) is 12.6. The Morgan fingerprint density at radius 3 is 2.18 bits per heavy atom.